The maximum absolute atomic E-state index is 5.52. The summed E-state index contributed by atoms with van der Waals surface area (Å²) in [4.78, 5) is 0. The number of rotatable bonds is 5. The third-order valence-electron chi connectivity index (χ3n) is 3.45. The molecule has 4 heteroatoms. The van der Waals surface area contributed by atoms with E-state index in [-0.39, 0.29) is 0 Å². The monoisotopic (exact) mass is 216 g/mol. The van der Waals surface area contributed by atoms with Crippen molar-refractivity contribution in [3.8, 4) is 0 Å². The summed E-state index contributed by atoms with van der Waals surface area (Å²) in [5, 5.41) is 0. The molecule has 0 aromatic heterocycles. The first-order chi connectivity index (χ1) is 6.83. The molecule has 0 bridgehead atoms. The van der Waals surface area contributed by atoms with E-state index in [1.807, 2.05) is 0 Å². The van der Waals surface area contributed by atoms with Crippen molar-refractivity contribution >= 4 is 9.28 Å². The highest BCUT2D eigenvalue weighted by Gasteiger charge is 2.43. The maximum Gasteiger partial charge on any atom is 0.320 e. The molecule has 1 saturated carbocycles. The molecule has 2 aliphatic rings. The van der Waals surface area contributed by atoms with Crippen LogP contribution in [0.15, 0.2) is 0 Å². The molecule has 2 rings (SSSR count). The smallest absolute Gasteiger partial charge is 0.320 e. The number of hydrogen-bond donors (Lipinski definition) is 0. The minimum absolute atomic E-state index is 0.610. The van der Waals surface area contributed by atoms with E-state index < -0.39 is 9.28 Å². The fourth-order valence-corrected chi connectivity index (χ4v) is 3.86. The summed E-state index contributed by atoms with van der Waals surface area (Å²) < 4.78 is 16.1. The van der Waals surface area contributed by atoms with Gasteiger partial charge in [0.2, 0.25) is 0 Å². The highest BCUT2D eigenvalue weighted by Crippen LogP contribution is 2.41. The molecular weight excluding hydrogens is 196 g/mol. The Balaban J connectivity index is 1.64. The zero-order valence-electron chi connectivity index (χ0n) is 9.07. The molecule has 3 nitrogen and oxygen atoms in total. The zero-order chi connectivity index (χ0) is 9.97. The molecule has 0 amide bonds. The SMILES string of the molecule is CO[SiH](CCC1CCC2OC2C1)OC. The predicted octanol–water partition coefficient (Wildman–Crippen LogP) is 1.46. The van der Waals surface area contributed by atoms with Crippen LogP contribution in [0.25, 0.3) is 0 Å². The Morgan fingerprint density at radius 3 is 2.64 bits per heavy atom. The molecule has 1 heterocycles. The molecule has 0 aromatic rings. The average Bonchev–Trinajstić information content (AvgIpc) is 2.97. The predicted molar refractivity (Wildman–Crippen MR) is 56.6 cm³/mol. The molecule has 82 valence electrons. The molecule has 0 N–H and O–H groups in total. The van der Waals surface area contributed by atoms with E-state index in [0.29, 0.717) is 12.2 Å². The van der Waals surface area contributed by atoms with Crippen LogP contribution in [0.5, 0.6) is 0 Å². The molecule has 3 unspecified atom stereocenters. The van der Waals surface area contributed by atoms with Crippen molar-refractivity contribution in [3.63, 3.8) is 0 Å². The van der Waals surface area contributed by atoms with Crippen molar-refractivity contribution in [1.29, 1.82) is 0 Å². The fourth-order valence-electron chi connectivity index (χ4n) is 2.45. The topological polar surface area (TPSA) is 31.0 Å². The van der Waals surface area contributed by atoms with Gasteiger partial charge in [-0.25, -0.2) is 0 Å². The highest BCUT2D eigenvalue weighted by molar-refractivity contribution is 6.44. The Morgan fingerprint density at radius 1 is 1.21 bits per heavy atom. The molecule has 0 spiro atoms. The van der Waals surface area contributed by atoms with Gasteiger partial charge in [-0.2, -0.15) is 0 Å². The molecule has 1 aliphatic heterocycles. The van der Waals surface area contributed by atoms with E-state index in [1.54, 1.807) is 14.2 Å². The van der Waals surface area contributed by atoms with E-state index in [2.05, 4.69) is 0 Å². The number of ether oxygens (including phenoxy) is 1. The second kappa shape index (κ2) is 4.75. The van der Waals surface area contributed by atoms with Crippen molar-refractivity contribution in [1.82, 2.24) is 0 Å². The number of hydrogen-bond acceptors (Lipinski definition) is 3. The van der Waals surface area contributed by atoms with Crippen LogP contribution in [-0.4, -0.2) is 35.7 Å². The third-order valence-corrected chi connectivity index (χ3v) is 5.31. The van der Waals surface area contributed by atoms with Gasteiger partial charge in [0, 0.05) is 14.2 Å². The summed E-state index contributed by atoms with van der Waals surface area (Å²) >= 11 is 0. The minimum atomic E-state index is -1.31. The lowest BCUT2D eigenvalue weighted by Gasteiger charge is -2.20. The Labute approximate surface area is 87.6 Å². The lowest BCUT2D eigenvalue weighted by atomic mass is 9.88. The number of fused-ring (bicyclic) bond motifs is 1. The van der Waals surface area contributed by atoms with Crippen LogP contribution in [0.3, 0.4) is 0 Å². The lowest BCUT2D eigenvalue weighted by Crippen LogP contribution is -2.21. The number of epoxide rings is 1. The quantitative estimate of drug-likeness (QED) is 0.515. The van der Waals surface area contributed by atoms with Crippen LogP contribution in [0.2, 0.25) is 6.04 Å². The van der Waals surface area contributed by atoms with Crippen molar-refractivity contribution in [3.05, 3.63) is 0 Å². The first-order valence-electron chi connectivity index (χ1n) is 5.54. The third kappa shape index (κ3) is 2.57. The van der Waals surface area contributed by atoms with Crippen LogP contribution < -0.4 is 0 Å². The molecule has 0 aromatic carbocycles. The molecule has 1 aliphatic carbocycles. The van der Waals surface area contributed by atoms with E-state index in [0.717, 1.165) is 12.0 Å². The highest BCUT2D eigenvalue weighted by atomic mass is 28.3. The average molecular weight is 216 g/mol. The normalized spacial score (nSPS) is 35.8. The fraction of sp³-hybridized carbons (Fsp3) is 1.00. The van der Waals surface area contributed by atoms with Crippen molar-refractivity contribution in [2.75, 3.05) is 14.2 Å². The largest absolute Gasteiger partial charge is 0.400 e. The van der Waals surface area contributed by atoms with Crippen molar-refractivity contribution in [2.24, 2.45) is 5.92 Å². The van der Waals surface area contributed by atoms with Gasteiger partial charge in [-0.1, -0.05) is 0 Å². The van der Waals surface area contributed by atoms with Crippen LogP contribution in [0.4, 0.5) is 0 Å². The minimum Gasteiger partial charge on any atom is -0.400 e. The summed E-state index contributed by atoms with van der Waals surface area (Å²) in [6.07, 6.45) is 6.41. The maximum atomic E-state index is 5.52. The van der Waals surface area contributed by atoms with Gasteiger partial charge >= 0.3 is 9.28 Å². The van der Waals surface area contributed by atoms with Crippen LogP contribution >= 0.6 is 0 Å². The van der Waals surface area contributed by atoms with Gasteiger partial charge in [0.05, 0.1) is 12.2 Å². The molecule has 1 saturated heterocycles. The molecular formula is C10H20O3Si. The molecule has 2 fully saturated rings. The first-order valence-corrected chi connectivity index (χ1v) is 7.30. The van der Waals surface area contributed by atoms with Gasteiger partial charge in [0.1, 0.15) is 0 Å². The second-order valence-electron chi connectivity index (χ2n) is 4.37. The van der Waals surface area contributed by atoms with Crippen LogP contribution in [-0.2, 0) is 13.6 Å². The molecule has 0 radical (unpaired) electrons. The summed E-state index contributed by atoms with van der Waals surface area (Å²) in [6, 6.07) is 1.15. The summed E-state index contributed by atoms with van der Waals surface area (Å²) in [5.41, 5.74) is 0. The summed E-state index contributed by atoms with van der Waals surface area (Å²) in [5.74, 6) is 0.860. The van der Waals surface area contributed by atoms with E-state index in [4.69, 9.17) is 13.6 Å². The van der Waals surface area contributed by atoms with Crippen molar-refractivity contribution in [2.45, 2.75) is 43.9 Å². The zero-order valence-corrected chi connectivity index (χ0v) is 10.2. The van der Waals surface area contributed by atoms with E-state index in [9.17, 15) is 0 Å². The lowest BCUT2D eigenvalue weighted by molar-refractivity contribution is 0.269. The summed E-state index contributed by atoms with van der Waals surface area (Å²) in [7, 11) is 2.22. The van der Waals surface area contributed by atoms with E-state index >= 15 is 0 Å². The standard InChI is InChI=1S/C10H20O3Si/c1-11-14(12-2)6-5-8-3-4-9-10(7-8)13-9/h8-10,14H,3-7H2,1-2H3. The van der Waals surface area contributed by atoms with Gasteiger partial charge in [-0.05, 0) is 37.6 Å². The van der Waals surface area contributed by atoms with Crippen LogP contribution in [0, 0.1) is 5.92 Å². The molecule has 3 atom stereocenters. The van der Waals surface area contributed by atoms with Crippen molar-refractivity contribution < 1.29 is 13.6 Å². The Morgan fingerprint density at radius 2 is 2.00 bits per heavy atom. The van der Waals surface area contributed by atoms with Gasteiger partial charge in [0.25, 0.3) is 0 Å². The van der Waals surface area contributed by atoms with Gasteiger partial charge in [-0.15, -0.1) is 0 Å². The van der Waals surface area contributed by atoms with E-state index in [1.165, 1.54) is 25.7 Å². The van der Waals surface area contributed by atoms with Gasteiger partial charge in [-0.3, -0.25) is 0 Å². The second-order valence-corrected chi connectivity index (χ2v) is 6.75. The Hall–Kier alpha value is 0.0969. The summed E-state index contributed by atoms with van der Waals surface area (Å²) in [6.45, 7) is 0. The Bertz CT molecular complexity index is 184. The van der Waals surface area contributed by atoms with Crippen LogP contribution in [0.1, 0.15) is 25.7 Å². The Kier molecular flexibility index (Phi) is 3.60. The van der Waals surface area contributed by atoms with Gasteiger partial charge in [0.15, 0.2) is 0 Å². The first kappa shape index (κ1) is 10.6. The molecule has 14 heavy (non-hydrogen) atoms. The van der Waals surface area contributed by atoms with Gasteiger partial charge < -0.3 is 13.6 Å².